The summed E-state index contributed by atoms with van der Waals surface area (Å²) in [6.45, 7) is 1.82. The first kappa shape index (κ1) is 16.5. The molecular weight excluding hydrogens is 346 g/mol. The highest BCUT2D eigenvalue weighted by Crippen LogP contribution is 2.41. The van der Waals surface area contributed by atoms with E-state index < -0.39 is 21.5 Å². The lowest BCUT2D eigenvalue weighted by atomic mass is 9.91. The van der Waals surface area contributed by atoms with Gasteiger partial charge in [-0.25, -0.2) is 17.2 Å². The Morgan fingerprint density at radius 2 is 1.64 bits per heavy atom. The van der Waals surface area contributed by atoms with Crippen LogP contribution in [0.2, 0.25) is 0 Å². The van der Waals surface area contributed by atoms with Crippen molar-refractivity contribution in [1.29, 1.82) is 0 Å². The molecule has 2 aromatic carbocycles. The standard InChI is InChI=1S/C18H18F2N2O2S/c19-15-3-1-12(10-16(15)20)25(23,24)11-2-4-17-14(9-11)13-5-7-21-8-6-18(13)22-17/h1-4,9-10,13,18,21-22H,5-8H2/t13-,18+/m0/s1. The average Bonchev–Trinajstić information content (AvgIpc) is 2.77. The number of halogens is 2. The van der Waals surface area contributed by atoms with Gasteiger partial charge in [0.1, 0.15) is 0 Å². The van der Waals surface area contributed by atoms with Crippen LogP contribution in [-0.2, 0) is 9.84 Å². The van der Waals surface area contributed by atoms with Crippen LogP contribution in [0.15, 0.2) is 46.2 Å². The number of hydrogen-bond donors (Lipinski definition) is 2. The third-order valence-electron chi connectivity index (χ3n) is 5.03. The van der Waals surface area contributed by atoms with Crippen LogP contribution in [0, 0.1) is 11.6 Å². The van der Waals surface area contributed by atoms with E-state index in [0.717, 1.165) is 55.4 Å². The maximum Gasteiger partial charge on any atom is 0.206 e. The Balaban J connectivity index is 1.75. The Labute approximate surface area is 145 Å². The molecule has 1 saturated heterocycles. The zero-order valence-electron chi connectivity index (χ0n) is 13.4. The third kappa shape index (κ3) is 2.81. The zero-order chi connectivity index (χ0) is 17.6. The molecule has 2 aliphatic heterocycles. The summed E-state index contributed by atoms with van der Waals surface area (Å²) >= 11 is 0. The number of sulfone groups is 1. The lowest BCUT2D eigenvalue weighted by Crippen LogP contribution is -2.21. The van der Waals surface area contributed by atoms with E-state index in [-0.39, 0.29) is 15.7 Å². The molecule has 0 bridgehead atoms. The van der Waals surface area contributed by atoms with Crippen LogP contribution in [-0.4, -0.2) is 27.5 Å². The first-order chi connectivity index (χ1) is 12.0. The molecule has 132 valence electrons. The summed E-state index contributed by atoms with van der Waals surface area (Å²) in [6, 6.07) is 7.92. The van der Waals surface area contributed by atoms with Crippen molar-refractivity contribution in [2.75, 3.05) is 18.4 Å². The highest BCUT2D eigenvalue weighted by molar-refractivity contribution is 7.91. The Hall–Kier alpha value is -1.99. The van der Waals surface area contributed by atoms with Crippen LogP contribution in [0.5, 0.6) is 0 Å². The molecule has 2 aromatic rings. The van der Waals surface area contributed by atoms with Crippen LogP contribution in [0.25, 0.3) is 0 Å². The molecule has 0 amide bonds. The lowest BCUT2D eigenvalue weighted by Gasteiger charge is -2.16. The molecule has 4 nitrogen and oxygen atoms in total. The molecule has 25 heavy (non-hydrogen) atoms. The molecule has 1 fully saturated rings. The molecule has 0 aliphatic carbocycles. The van der Waals surface area contributed by atoms with E-state index in [0.29, 0.717) is 6.04 Å². The first-order valence-corrected chi connectivity index (χ1v) is 9.76. The fraction of sp³-hybridized carbons (Fsp3) is 0.333. The maximum absolute atomic E-state index is 13.5. The van der Waals surface area contributed by atoms with Gasteiger partial charge in [-0.3, -0.25) is 0 Å². The Morgan fingerprint density at radius 3 is 2.44 bits per heavy atom. The van der Waals surface area contributed by atoms with Crippen LogP contribution in [0.1, 0.15) is 24.3 Å². The van der Waals surface area contributed by atoms with Gasteiger partial charge in [0, 0.05) is 17.6 Å². The van der Waals surface area contributed by atoms with Crippen LogP contribution < -0.4 is 10.6 Å². The van der Waals surface area contributed by atoms with Crippen molar-refractivity contribution in [3.05, 3.63) is 53.6 Å². The molecule has 2 N–H and O–H groups in total. The van der Waals surface area contributed by atoms with Crippen LogP contribution in [0.4, 0.5) is 14.5 Å². The minimum Gasteiger partial charge on any atom is -0.381 e. The van der Waals surface area contributed by atoms with E-state index in [1.807, 2.05) is 0 Å². The molecular formula is C18H18F2N2O2S. The molecule has 0 unspecified atom stereocenters. The van der Waals surface area contributed by atoms with Crippen molar-refractivity contribution < 1.29 is 17.2 Å². The van der Waals surface area contributed by atoms with E-state index in [1.54, 1.807) is 12.1 Å². The minimum atomic E-state index is -3.90. The van der Waals surface area contributed by atoms with Gasteiger partial charge in [-0.1, -0.05) is 0 Å². The van der Waals surface area contributed by atoms with Crippen molar-refractivity contribution in [3.8, 4) is 0 Å². The largest absolute Gasteiger partial charge is 0.381 e. The molecule has 7 heteroatoms. The predicted octanol–water partition coefficient (Wildman–Crippen LogP) is 3.06. The van der Waals surface area contributed by atoms with Gasteiger partial charge in [0.25, 0.3) is 0 Å². The number of rotatable bonds is 2. The molecule has 2 heterocycles. The van der Waals surface area contributed by atoms with Gasteiger partial charge in [-0.15, -0.1) is 0 Å². The number of benzene rings is 2. The Kier molecular flexibility index (Phi) is 4.00. The second-order valence-electron chi connectivity index (χ2n) is 6.51. The van der Waals surface area contributed by atoms with Crippen LogP contribution >= 0.6 is 0 Å². The van der Waals surface area contributed by atoms with Crippen molar-refractivity contribution in [2.45, 2.75) is 34.6 Å². The fourth-order valence-electron chi connectivity index (χ4n) is 3.71. The number of hydrogen-bond acceptors (Lipinski definition) is 4. The monoisotopic (exact) mass is 364 g/mol. The lowest BCUT2D eigenvalue weighted by molar-refractivity contribution is 0.504. The SMILES string of the molecule is O=S(=O)(c1ccc(F)c(F)c1)c1ccc2c(c1)[C@@H]1CCNCC[C@H]1N2. The summed E-state index contributed by atoms with van der Waals surface area (Å²) in [5.41, 5.74) is 1.94. The molecule has 0 aromatic heterocycles. The number of fused-ring (bicyclic) bond motifs is 3. The van der Waals surface area contributed by atoms with E-state index in [9.17, 15) is 17.2 Å². The van der Waals surface area contributed by atoms with Crippen molar-refractivity contribution in [2.24, 2.45) is 0 Å². The quantitative estimate of drug-likeness (QED) is 0.804. The highest BCUT2D eigenvalue weighted by Gasteiger charge is 2.34. The van der Waals surface area contributed by atoms with E-state index >= 15 is 0 Å². The maximum atomic E-state index is 13.5. The molecule has 0 spiro atoms. The second-order valence-corrected chi connectivity index (χ2v) is 8.46. The van der Waals surface area contributed by atoms with Gasteiger partial charge in [0.2, 0.25) is 9.84 Å². The third-order valence-corrected chi connectivity index (χ3v) is 6.77. The summed E-state index contributed by atoms with van der Waals surface area (Å²) in [7, 11) is -3.90. The van der Waals surface area contributed by atoms with E-state index in [4.69, 9.17) is 0 Å². The first-order valence-electron chi connectivity index (χ1n) is 8.28. The Bertz CT molecular complexity index is 931. The van der Waals surface area contributed by atoms with Crippen molar-refractivity contribution in [3.63, 3.8) is 0 Å². The van der Waals surface area contributed by atoms with Gasteiger partial charge in [0.15, 0.2) is 11.6 Å². The van der Waals surface area contributed by atoms with Gasteiger partial charge >= 0.3 is 0 Å². The predicted molar refractivity (Wildman–Crippen MR) is 90.5 cm³/mol. The zero-order valence-corrected chi connectivity index (χ0v) is 14.2. The average molecular weight is 364 g/mol. The van der Waals surface area contributed by atoms with Gasteiger partial charge in [0.05, 0.1) is 9.79 Å². The van der Waals surface area contributed by atoms with Gasteiger partial charge < -0.3 is 10.6 Å². The van der Waals surface area contributed by atoms with Crippen LogP contribution in [0.3, 0.4) is 0 Å². The fourth-order valence-corrected chi connectivity index (χ4v) is 5.02. The number of anilines is 1. The molecule has 2 atom stereocenters. The highest BCUT2D eigenvalue weighted by atomic mass is 32.2. The Morgan fingerprint density at radius 1 is 0.920 bits per heavy atom. The summed E-state index contributed by atoms with van der Waals surface area (Å²) < 4.78 is 52.2. The van der Waals surface area contributed by atoms with Gasteiger partial charge in [-0.05, 0) is 67.9 Å². The summed E-state index contributed by atoms with van der Waals surface area (Å²) in [4.78, 5) is -0.131. The van der Waals surface area contributed by atoms with E-state index in [2.05, 4.69) is 10.6 Å². The molecule has 0 radical (unpaired) electrons. The molecule has 2 aliphatic rings. The topological polar surface area (TPSA) is 58.2 Å². The molecule has 0 saturated carbocycles. The smallest absolute Gasteiger partial charge is 0.206 e. The van der Waals surface area contributed by atoms with E-state index in [1.165, 1.54) is 6.07 Å². The summed E-state index contributed by atoms with van der Waals surface area (Å²) in [5.74, 6) is -1.98. The van der Waals surface area contributed by atoms with Crippen molar-refractivity contribution in [1.82, 2.24) is 5.32 Å². The van der Waals surface area contributed by atoms with Gasteiger partial charge in [-0.2, -0.15) is 0 Å². The normalized spacial score (nSPS) is 22.6. The molecule has 4 rings (SSSR count). The minimum absolute atomic E-state index is 0.108. The number of nitrogens with one attached hydrogen (secondary N) is 2. The summed E-state index contributed by atoms with van der Waals surface area (Å²) in [5, 5.41) is 6.82. The summed E-state index contributed by atoms with van der Waals surface area (Å²) in [6.07, 6.45) is 1.91. The second kappa shape index (κ2) is 6.07. The van der Waals surface area contributed by atoms with Crippen molar-refractivity contribution >= 4 is 15.5 Å².